The van der Waals surface area contributed by atoms with Gasteiger partial charge in [0.2, 0.25) is 11.6 Å². The van der Waals surface area contributed by atoms with E-state index in [-0.39, 0.29) is 0 Å². The van der Waals surface area contributed by atoms with Crippen LogP contribution in [0.4, 0.5) is 17.3 Å². The highest BCUT2D eigenvalue weighted by Gasteiger charge is 2.24. The predicted molar refractivity (Wildman–Crippen MR) is 90.8 cm³/mol. The maximum atomic E-state index is 7.38. The zero-order chi connectivity index (χ0) is 15.7. The van der Waals surface area contributed by atoms with E-state index < -0.39 is 0 Å². The van der Waals surface area contributed by atoms with Crippen LogP contribution in [0.25, 0.3) is 4.85 Å². The van der Waals surface area contributed by atoms with Crippen molar-refractivity contribution in [2.45, 2.75) is 0 Å². The van der Waals surface area contributed by atoms with Crippen LogP contribution in [-0.4, -0.2) is 40.9 Å². The molecule has 114 valence electrons. The number of rotatable bonds is 2. The van der Waals surface area contributed by atoms with Crippen LogP contribution in [0.5, 0.6) is 0 Å². The highest BCUT2D eigenvalue weighted by molar-refractivity contribution is 9.10. The summed E-state index contributed by atoms with van der Waals surface area (Å²) in [6.07, 6.45) is 1.70. The minimum atomic E-state index is 0.490. The molecule has 22 heavy (non-hydrogen) atoms. The fourth-order valence-corrected chi connectivity index (χ4v) is 3.40. The molecule has 0 spiro atoms. The number of nitrogens with zero attached hydrogens (tertiary/aromatic N) is 6. The Hall–Kier alpha value is -1.78. The fraction of sp³-hybridized carbons (Fsp3) is 0.357. The third-order valence-corrected chi connectivity index (χ3v) is 4.68. The number of halogens is 2. The monoisotopic (exact) mass is 380 g/mol. The third kappa shape index (κ3) is 2.64. The molecule has 0 saturated carbocycles. The first-order valence-corrected chi connectivity index (χ1v) is 7.98. The lowest BCUT2D eigenvalue weighted by Crippen LogP contribution is -2.47. The average Bonchev–Trinajstić information content (AvgIpc) is 2.95. The molecule has 3 rings (SSSR count). The van der Waals surface area contributed by atoms with Crippen LogP contribution in [0.15, 0.2) is 22.9 Å². The van der Waals surface area contributed by atoms with E-state index in [1.165, 1.54) is 0 Å². The molecule has 2 heterocycles. The Bertz CT molecular complexity index is 729. The van der Waals surface area contributed by atoms with Crippen molar-refractivity contribution < 1.29 is 0 Å². The molecule has 1 aliphatic heterocycles. The summed E-state index contributed by atoms with van der Waals surface area (Å²) >= 11 is 9.70. The van der Waals surface area contributed by atoms with E-state index in [0.29, 0.717) is 10.7 Å². The smallest absolute Gasteiger partial charge is 0.229 e. The summed E-state index contributed by atoms with van der Waals surface area (Å²) < 4.78 is 2.81. The van der Waals surface area contributed by atoms with Gasteiger partial charge in [-0.1, -0.05) is 33.6 Å². The van der Waals surface area contributed by atoms with Gasteiger partial charge < -0.3 is 14.4 Å². The Morgan fingerprint density at radius 1 is 1.23 bits per heavy atom. The molecule has 0 radical (unpaired) electrons. The molecule has 0 unspecified atom stereocenters. The Morgan fingerprint density at radius 3 is 2.50 bits per heavy atom. The van der Waals surface area contributed by atoms with Crippen molar-refractivity contribution in [3.8, 4) is 0 Å². The van der Waals surface area contributed by atoms with E-state index in [2.05, 4.69) is 40.8 Å². The average molecular weight is 382 g/mol. The van der Waals surface area contributed by atoms with Crippen molar-refractivity contribution >= 4 is 44.9 Å². The maximum absolute atomic E-state index is 7.38. The minimum absolute atomic E-state index is 0.490. The molecule has 0 aliphatic carbocycles. The molecule has 1 aliphatic rings. The quantitative estimate of drug-likeness (QED) is 0.750. The van der Waals surface area contributed by atoms with Crippen LogP contribution in [-0.2, 0) is 7.05 Å². The first kappa shape index (κ1) is 15.1. The first-order valence-electron chi connectivity index (χ1n) is 6.81. The van der Waals surface area contributed by atoms with Gasteiger partial charge in [0.05, 0.1) is 12.3 Å². The van der Waals surface area contributed by atoms with Crippen LogP contribution < -0.4 is 9.80 Å². The number of anilines is 2. The predicted octanol–water partition coefficient (Wildman–Crippen LogP) is 3.11. The molecule has 1 saturated heterocycles. The van der Waals surface area contributed by atoms with Crippen molar-refractivity contribution in [1.82, 2.24) is 14.8 Å². The van der Waals surface area contributed by atoms with Crippen molar-refractivity contribution in [1.29, 1.82) is 0 Å². The van der Waals surface area contributed by atoms with Gasteiger partial charge in [0.15, 0.2) is 0 Å². The molecule has 0 amide bonds. The van der Waals surface area contributed by atoms with E-state index >= 15 is 0 Å². The van der Waals surface area contributed by atoms with Gasteiger partial charge in [0.1, 0.15) is 6.33 Å². The summed E-state index contributed by atoms with van der Waals surface area (Å²) in [6, 6.07) is 3.64. The minimum Gasteiger partial charge on any atom is -0.376 e. The van der Waals surface area contributed by atoms with Gasteiger partial charge in [0.25, 0.3) is 0 Å². The van der Waals surface area contributed by atoms with E-state index in [1.807, 2.05) is 17.7 Å². The molecule has 1 aromatic heterocycles. The lowest BCUT2D eigenvalue weighted by atomic mass is 10.2. The molecular formula is C14H14BrClN6. The Labute approximate surface area is 142 Å². The van der Waals surface area contributed by atoms with Crippen molar-refractivity contribution in [3.05, 3.63) is 39.4 Å². The lowest BCUT2D eigenvalue weighted by molar-refractivity contribution is 0.629. The molecule has 1 aromatic carbocycles. The molecule has 2 aromatic rings. The summed E-state index contributed by atoms with van der Waals surface area (Å²) in [5, 5.41) is 8.55. The van der Waals surface area contributed by atoms with Crippen molar-refractivity contribution in [2.75, 3.05) is 36.0 Å². The normalized spacial score (nSPS) is 15.0. The highest BCUT2D eigenvalue weighted by atomic mass is 79.9. The molecule has 6 nitrogen and oxygen atoms in total. The summed E-state index contributed by atoms with van der Waals surface area (Å²) in [6.45, 7) is 10.6. The number of hydrogen-bond acceptors (Lipinski definition) is 4. The second-order valence-corrected chi connectivity index (χ2v) is 6.32. The molecular weight excluding hydrogens is 368 g/mol. The second kappa shape index (κ2) is 6.15. The Balaban J connectivity index is 1.82. The Morgan fingerprint density at radius 2 is 1.91 bits per heavy atom. The van der Waals surface area contributed by atoms with Crippen LogP contribution in [0.3, 0.4) is 0 Å². The highest BCUT2D eigenvalue weighted by Crippen LogP contribution is 2.41. The van der Waals surface area contributed by atoms with Crippen molar-refractivity contribution in [2.24, 2.45) is 7.05 Å². The van der Waals surface area contributed by atoms with Crippen LogP contribution in [0.1, 0.15) is 0 Å². The number of piperazine rings is 1. The molecule has 1 fully saturated rings. The van der Waals surface area contributed by atoms with Gasteiger partial charge in [-0.3, -0.25) is 0 Å². The number of aromatic nitrogens is 3. The van der Waals surface area contributed by atoms with Gasteiger partial charge >= 0.3 is 0 Å². The SMILES string of the molecule is [C-]#[N+]c1c(Cl)ccc(Br)c1N1CCN(c2nncn2C)CC1. The second-order valence-electron chi connectivity index (χ2n) is 5.05. The van der Waals surface area contributed by atoms with E-state index in [9.17, 15) is 0 Å². The Kier molecular flexibility index (Phi) is 4.23. The summed E-state index contributed by atoms with van der Waals surface area (Å²) in [5.74, 6) is 0.871. The standard InChI is InChI=1S/C14H14BrClN6/c1-17-12-11(16)4-3-10(15)13(12)21-5-7-22(8-6-21)14-19-18-9-20(14)2/h3-4,9H,5-8H2,2H3. The van der Waals surface area contributed by atoms with Gasteiger partial charge in [-0.05, 0) is 6.07 Å². The van der Waals surface area contributed by atoms with Gasteiger partial charge in [-0.2, -0.15) is 0 Å². The van der Waals surface area contributed by atoms with Crippen molar-refractivity contribution in [3.63, 3.8) is 0 Å². The zero-order valence-electron chi connectivity index (χ0n) is 12.0. The molecule has 0 N–H and O–H groups in total. The fourth-order valence-electron chi connectivity index (χ4n) is 2.63. The number of aryl methyl sites for hydroxylation is 1. The summed E-state index contributed by atoms with van der Waals surface area (Å²) in [4.78, 5) is 7.98. The maximum Gasteiger partial charge on any atom is 0.229 e. The van der Waals surface area contributed by atoms with Crippen LogP contribution in [0, 0.1) is 6.57 Å². The van der Waals surface area contributed by atoms with Gasteiger partial charge in [0, 0.05) is 42.7 Å². The zero-order valence-corrected chi connectivity index (χ0v) is 14.3. The summed E-state index contributed by atoms with van der Waals surface area (Å²) in [7, 11) is 1.94. The molecule has 0 atom stereocenters. The van der Waals surface area contributed by atoms with E-state index in [4.69, 9.17) is 18.2 Å². The van der Waals surface area contributed by atoms with Gasteiger partial charge in [-0.15, -0.1) is 10.2 Å². The van der Waals surface area contributed by atoms with Crippen LogP contribution >= 0.6 is 27.5 Å². The first-order chi connectivity index (χ1) is 10.6. The number of hydrogen-bond donors (Lipinski definition) is 0. The largest absolute Gasteiger partial charge is 0.376 e. The van der Waals surface area contributed by atoms with Gasteiger partial charge in [-0.25, -0.2) is 4.85 Å². The topological polar surface area (TPSA) is 41.6 Å². The molecule has 8 heteroatoms. The van der Waals surface area contributed by atoms with E-state index in [0.717, 1.165) is 42.3 Å². The summed E-state index contributed by atoms with van der Waals surface area (Å²) in [5.41, 5.74) is 1.38. The molecule has 0 bridgehead atoms. The third-order valence-electron chi connectivity index (χ3n) is 3.73. The van der Waals surface area contributed by atoms with E-state index in [1.54, 1.807) is 12.4 Å². The number of benzene rings is 1. The van der Waals surface area contributed by atoms with Crippen LogP contribution in [0.2, 0.25) is 5.02 Å². The lowest BCUT2D eigenvalue weighted by Gasteiger charge is -2.37.